The minimum absolute atomic E-state index is 0.0341. The lowest BCUT2D eigenvalue weighted by atomic mass is 9.96. The molecule has 0 atom stereocenters. The number of benzene rings is 1. The number of aromatic nitrogens is 1. The number of halogens is 1. The van der Waals surface area contributed by atoms with E-state index in [9.17, 15) is 4.79 Å². The van der Waals surface area contributed by atoms with E-state index in [1.54, 1.807) is 24.3 Å². The molecule has 1 aliphatic carbocycles. The molecule has 0 spiro atoms. The number of rotatable bonds is 7. The number of fused-ring (bicyclic) bond motifs is 1. The van der Waals surface area contributed by atoms with Gasteiger partial charge in [0.25, 0.3) is 0 Å². The lowest BCUT2D eigenvalue weighted by molar-refractivity contribution is -0.117. The van der Waals surface area contributed by atoms with Gasteiger partial charge >= 0.3 is 0 Å². The first-order valence-corrected chi connectivity index (χ1v) is 9.27. The number of carbonyl (C=O) groups excluding carboxylic acids is 1. The summed E-state index contributed by atoms with van der Waals surface area (Å²) in [6.45, 7) is 3.94. The minimum atomic E-state index is -0.0341. The summed E-state index contributed by atoms with van der Waals surface area (Å²) >= 11 is 5.87. The quantitative estimate of drug-likeness (QED) is 0.808. The van der Waals surface area contributed by atoms with Gasteiger partial charge < -0.3 is 9.84 Å². The monoisotopic (exact) mass is 361 g/mol. The van der Waals surface area contributed by atoms with Crippen LogP contribution in [-0.2, 0) is 24.2 Å². The molecular weight excluding hydrogens is 338 g/mol. The molecule has 3 rings (SSSR count). The molecule has 1 heterocycles. The zero-order chi connectivity index (χ0) is 17.6. The summed E-state index contributed by atoms with van der Waals surface area (Å²) in [7, 11) is 0. The molecule has 1 N–H and O–H groups in total. The molecule has 0 saturated heterocycles. The predicted molar refractivity (Wildman–Crippen MR) is 98.8 cm³/mol. The smallest absolute Gasteiger partial charge is 0.238 e. The molecule has 1 aliphatic rings. The van der Waals surface area contributed by atoms with Gasteiger partial charge in [-0.25, -0.2) is 0 Å². The first kappa shape index (κ1) is 18.0. The Balaban J connectivity index is 1.61. The predicted octanol–water partition coefficient (Wildman–Crippen LogP) is 4.06. The third-order valence-electron chi connectivity index (χ3n) is 4.44. The van der Waals surface area contributed by atoms with E-state index >= 15 is 0 Å². The number of hydrogen-bond acceptors (Lipinski definition) is 4. The molecule has 134 valence electrons. The summed E-state index contributed by atoms with van der Waals surface area (Å²) in [5.74, 6) is 0.997. The van der Waals surface area contributed by atoms with Crippen LogP contribution in [0, 0.1) is 0 Å². The largest absolute Gasteiger partial charge is 0.361 e. The van der Waals surface area contributed by atoms with E-state index in [4.69, 9.17) is 16.1 Å². The normalized spacial score (nSPS) is 13.7. The van der Waals surface area contributed by atoms with E-state index < -0.39 is 0 Å². The maximum absolute atomic E-state index is 12.4. The molecule has 1 aromatic heterocycles. The lowest BCUT2D eigenvalue weighted by Crippen LogP contribution is -2.34. The van der Waals surface area contributed by atoms with Crippen LogP contribution >= 0.6 is 11.6 Å². The van der Waals surface area contributed by atoms with Crippen molar-refractivity contribution in [3.05, 3.63) is 46.3 Å². The third-order valence-corrected chi connectivity index (χ3v) is 4.69. The van der Waals surface area contributed by atoms with Gasteiger partial charge in [0.1, 0.15) is 11.5 Å². The maximum atomic E-state index is 12.4. The molecule has 6 heteroatoms. The number of anilines is 1. The molecule has 0 saturated carbocycles. The van der Waals surface area contributed by atoms with Gasteiger partial charge in [0.05, 0.1) is 6.54 Å². The average molecular weight is 362 g/mol. The number of hydrogen-bond donors (Lipinski definition) is 1. The third kappa shape index (κ3) is 4.83. The highest BCUT2D eigenvalue weighted by Gasteiger charge is 2.21. The zero-order valence-corrected chi connectivity index (χ0v) is 15.3. The van der Waals surface area contributed by atoms with Gasteiger partial charge in [-0.1, -0.05) is 23.7 Å². The fourth-order valence-corrected chi connectivity index (χ4v) is 3.38. The molecule has 0 aliphatic heterocycles. The van der Waals surface area contributed by atoms with E-state index in [1.165, 1.54) is 18.4 Å². The second-order valence-electron chi connectivity index (χ2n) is 6.50. The van der Waals surface area contributed by atoms with Gasteiger partial charge in [0.2, 0.25) is 5.91 Å². The van der Waals surface area contributed by atoms with Gasteiger partial charge in [-0.2, -0.15) is 0 Å². The van der Waals surface area contributed by atoms with Crippen molar-refractivity contribution in [2.45, 2.75) is 45.6 Å². The topological polar surface area (TPSA) is 58.4 Å². The van der Waals surface area contributed by atoms with Crippen LogP contribution in [-0.4, -0.2) is 29.1 Å². The molecule has 25 heavy (non-hydrogen) atoms. The summed E-state index contributed by atoms with van der Waals surface area (Å²) in [5.41, 5.74) is 3.00. The van der Waals surface area contributed by atoms with Crippen molar-refractivity contribution >= 4 is 23.2 Å². The first-order chi connectivity index (χ1) is 12.2. The van der Waals surface area contributed by atoms with Gasteiger partial charge in [0.15, 0.2) is 0 Å². The van der Waals surface area contributed by atoms with Gasteiger partial charge in [-0.15, -0.1) is 0 Å². The first-order valence-electron chi connectivity index (χ1n) is 8.89. The summed E-state index contributed by atoms with van der Waals surface area (Å²) in [5, 5.41) is 7.83. The molecule has 2 aromatic rings. The number of nitrogens with one attached hydrogen (secondary N) is 1. The Hall–Kier alpha value is -1.85. The van der Waals surface area contributed by atoms with E-state index in [2.05, 4.69) is 22.3 Å². The molecule has 1 amide bonds. The second kappa shape index (κ2) is 8.50. The molecule has 0 unspecified atom stereocenters. The molecular formula is C19H24ClN3O2. The Kier molecular flexibility index (Phi) is 6.10. The van der Waals surface area contributed by atoms with Crippen molar-refractivity contribution in [2.75, 3.05) is 18.4 Å². The van der Waals surface area contributed by atoms with Crippen molar-refractivity contribution in [1.29, 1.82) is 0 Å². The Morgan fingerprint density at radius 1 is 1.28 bits per heavy atom. The van der Waals surface area contributed by atoms with Crippen LogP contribution in [0.4, 0.5) is 5.69 Å². The highest BCUT2D eigenvalue weighted by atomic mass is 35.5. The highest BCUT2D eigenvalue weighted by Crippen LogP contribution is 2.25. The highest BCUT2D eigenvalue weighted by molar-refractivity contribution is 6.30. The Labute approximate surface area is 153 Å². The van der Waals surface area contributed by atoms with Crippen molar-refractivity contribution in [2.24, 2.45) is 0 Å². The van der Waals surface area contributed by atoms with Crippen LogP contribution < -0.4 is 5.32 Å². The number of nitrogens with zero attached hydrogens (tertiary/aromatic N) is 2. The average Bonchev–Trinajstić information content (AvgIpc) is 3.00. The van der Waals surface area contributed by atoms with Crippen LogP contribution in [0.3, 0.4) is 0 Å². The van der Waals surface area contributed by atoms with Crippen molar-refractivity contribution in [3.8, 4) is 0 Å². The lowest BCUT2D eigenvalue weighted by Gasteiger charge is -2.21. The Morgan fingerprint density at radius 3 is 2.80 bits per heavy atom. The molecule has 5 nitrogen and oxygen atoms in total. The fraction of sp³-hybridized carbons (Fsp3) is 0.474. The van der Waals surface area contributed by atoms with Crippen molar-refractivity contribution < 1.29 is 9.32 Å². The molecule has 0 fully saturated rings. The van der Waals surface area contributed by atoms with E-state index in [1.807, 2.05) is 0 Å². The number of aryl methyl sites for hydroxylation is 1. The number of amides is 1. The van der Waals surface area contributed by atoms with Crippen LogP contribution in [0.2, 0.25) is 5.02 Å². The molecule has 1 aromatic carbocycles. The summed E-state index contributed by atoms with van der Waals surface area (Å²) < 4.78 is 5.49. The Bertz CT molecular complexity index is 712. The van der Waals surface area contributed by atoms with Crippen molar-refractivity contribution in [3.63, 3.8) is 0 Å². The van der Waals surface area contributed by atoms with Gasteiger partial charge in [-0.05, 0) is 56.5 Å². The fourth-order valence-electron chi connectivity index (χ4n) is 3.25. The molecule has 0 radical (unpaired) electrons. The van der Waals surface area contributed by atoms with Crippen molar-refractivity contribution in [1.82, 2.24) is 10.1 Å². The minimum Gasteiger partial charge on any atom is -0.361 e. The van der Waals surface area contributed by atoms with Crippen LogP contribution in [0.25, 0.3) is 0 Å². The van der Waals surface area contributed by atoms with Crippen LogP contribution in [0.15, 0.2) is 28.8 Å². The SMILES string of the molecule is CCCN(CC(=O)Nc1ccc(Cl)cc1)Cc1noc2c1CCCC2. The summed E-state index contributed by atoms with van der Waals surface area (Å²) in [4.78, 5) is 14.5. The van der Waals surface area contributed by atoms with Gasteiger partial charge in [-0.3, -0.25) is 9.69 Å². The standard InChI is InChI=1S/C19H24ClN3O2/c1-2-11-23(12-17-16-5-3-4-6-18(16)25-22-17)13-19(24)21-15-9-7-14(20)8-10-15/h7-10H,2-6,11-13H2,1H3,(H,21,24). The second-order valence-corrected chi connectivity index (χ2v) is 6.94. The summed E-state index contributed by atoms with van der Waals surface area (Å²) in [6, 6.07) is 7.14. The van der Waals surface area contributed by atoms with Crippen LogP contribution in [0.1, 0.15) is 43.2 Å². The maximum Gasteiger partial charge on any atom is 0.238 e. The van der Waals surface area contributed by atoms with Gasteiger partial charge in [0, 0.05) is 29.2 Å². The van der Waals surface area contributed by atoms with E-state index in [-0.39, 0.29) is 5.91 Å². The zero-order valence-electron chi connectivity index (χ0n) is 14.6. The molecule has 0 bridgehead atoms. The van der Waals surface area contributed by atoms with Crippen LogP contribution in [0.5, 0.6) is 0 Å². The number of carbonyl (C=O) groups is 1. The summed E-state index contributed by atoms with van der Waals surface area (Å²) in [6.07, 6.45) is 5.35. The Morgan fingerprint density at radius 2 is 2.04 bits per heavy atom. The van der Waals surface area contributed by atoms with E-state index in [0.717, 1.165) is 42.9 Å². The van der Waals surface area contributed by atoms with E-state index in [0.29, 0.717) is 18.1 Å².